The van der Waals surface area contributed by atoms with Gasteiger partial charge in [0.1, 0.15) is 11.4 Å². The third kappa shape index (κ3) is 6.13. The summed E-state index contributed by atoms with van der Waals surface area (Å²) < 4.78 is 5.77. The van der Waals surface area contributed by atoms with E-state index in [9.17, 15) is 4.79 Å². The lowest BCUT2D eigenvalue weighted by Gasteiger charge is -2.32. The molecular formula is C27H35N3O2. The number of carbonyl (C=O) groups excluding carboxylic acids is 1. The zero-order valence-corrected chi connectivity index (χ0v) is 19.1. The predicted molar refractivity (Wildman–Crippen MR) is 130 cm³/mol. The van der Waals surface area contributed by atoms with E-state index < -0.39 is 0 Å². The van der Waals surface area contributed by atoms with Gasteiger partial charge in [-0.25, -0.2) is 0 Å². The minimum atomic E-state index is -0.0476. The molecule has 0 unspecified atom stereocenters. The van der Waals surface area contributed by atoms with Crippen molar-refractivity contribution in [3.8, 4) is 5.75 Å². The Balaban J connectivity index is 1.20. The molecule has 2 heterocycles. The Morgan fingerprint density at radius 2 is 1.94 bits per heavy atom. The second-order valence-electron chi connectivity index (χ2n) is 8.86. The predicted octanol–water partition coefficient (Wildman–Crippen LogP) is 5.03. The lowest BCUT2D eigenvalue weighted by atomic mass is 9.90. The molecule has 0 atom stereocenters. The van der Waals surface area contributed by atoms with E-state index in [-0.39, 0.29) is 5.91 Å². The highest BCUT2D eigenvalue weighted by Crippen LogP contribution is 2.23. The monoisotopic (exact) mass is 433 g/mol. The van der Waals surface area contributed by atoms with Crippen LogP contribution in [0, 0.1) is 5.92 Å². The molecule has 1 amide bonds. The molecule has 3 aromatic rings. The number of aromatic amines is 1. The Labute approximate surface area is 191 Å². The van der Waals surface area contributed by atoms with Crippen molar-refractivity contribution in [1.82, 2.24) is 15.2 Å². The fraction of sp³-hybridized carbons (Fsp3) is 0.444. The maximum absolute atomic E-state index is 12.6. The lowest BCUT2D eigenvalue weighted by Crippen LogP contribution is -2.40. The number of aromatic nitrogens is 1. The molecule has 0 saturated carbocycles. The number of nitrogens with one attached hydrogen (secondary N) is 2. The highest BCUT2D eigenvalue weighted by molar-refractivity contribution is 5.98. The van der Waals surface area contributed by atoms with Gasteiger partial charge >= 0.3 is 0 Å². The van der Waals surface area contributed by atoms with Gasteiger partial charge in [-0.15, -0.1) is 0 Å². The maximum atomic E-state index is 12.6. The molecule has 5 nitrogen and oxygen atoms in total. The lowest BCUT2D eigenvalue weighted by molar-refractivity contribution is 0.0940. The van der Waals surface area contributed by atoms with Crippen molar-refractivity contribution in [2.75, 3.05) is 32.8 Å². The molecule has 0 radical (unpaired) electrons. The van der Waals surface area contributed by atoms with Crippen molar-refractivity contribution >= 4 is 16.8 Å². The SMILES string of the molecule is CCCCOc1ccc2cc(C(=O)NCCN3CCC(Cc4ccccc4)CC3)[nH]c2c1. The Hall–Kier alpha value is -2.79. The third-order valence-electron chi connectivity index (χ3n) is 6.39. The average molecular weight is 434 g/mol. The highest BCUT2D eigenvalue weighted by atomic mass is 16.5. The molecule has 4 rings (SSSR count). The van der Waals surface area contributed by atoms with Crippen LogP contribution >= 0.6 is 0 Å². The molecule has 1 aliphatic rings. The summed E-state index contributed by atoms with van der Waals surface area (Å²) in [7, 11) is 0. The van der Waals surface area contributed by atoms with Gasteiger partial charge in [-0.3, -0.25) is 4.79 Å². The minimum Gasteiger partial charge on any atom is -0.494 e. The van der Waals surface area contributed by atoms with Crippen LogP contribution < -0.4 is 10.1 Å². The first-order chi connectivity index (χ1) is 15.7. The summed E-state index contributed by atoms with van der Waals surface area (Å²) in [5.41, 5.74) is 2.98. The summed E-state index contributed by atoms with van der Waals surface area (Å²) in [4.78, 5) is 18.3. The first kappa shape index (κ1) is 22.4. The Kier molecular flexibility index (Phi) is 7.83. The van der Waals surface area contributed by atoms with Crippen LogP contribution in [0.5, 0.6) is 5.75 Å². The number of nitrogens with zero attached hydrogens (tertiary/aromatic N) is 1. The maximum Gasteiger partial charge on any atom is 0.267 e. The molecule has 2 N–H and O–H groups in total. The van der Waals surface area contributed by atoms with Gasteiger partial charge in [0, 0.05) is 30.1 Å². The number of benzene rings is 2. The van der Waals surface area contributed by atoms with Crippen LogP contribution in [0.1, 0.15) is 48.7 Å². The second kappa shape index (κ2) is 11.2. The summed E-state index contributed by atoms with van der Waals surface area (Å²) in [6.07, 6.45) is 5.79. The van der Waals surface area contributed by atoms with Crippen LogP contribution in [-0.2, 0) is 6.42 Å². The number of fused-ring (bicyclic) bond motifs is 1. The molecule has 1 saturated heterocycles. The number of hydrogen-bond donors (Lipinski definition) is 2. The number of piperidine rings is 1. The molecule has 1 aliphatic heterocycles. The zero-order chi connectivity index (χ0) is 22.2. The molecule has 0 aliphatic carbocycles. The van der Waals surface area contributed by atoms with Crippen LogP contribution in [-0.4, -0.2) is 48.6 Å². The van der Waals surface area contributed by atoms with Crippen molar-refractivity contribution in [3.63, 3.8) is 0 Å². The van der Waals surface area contributed by atoms with Crippen LogP contribution in [0.3, 0.4) is 0 Å². The Morgan fingerprint density at radius 1 is 1.12 bits per heavy atom. The average Bonchev–Trinajstić information content (AvgIpc) is 3.25. The molecule has 170 valence electrons. The van der Waals surface area contributed by atoms with E-state index in [1.54, 1.807) is 0 Å². The summed E-state index contributed by atoms with van der Waals surface area (Å²) in [6, 6.07) is 18.6. The number of ether oxygens (including phenoxy) is 1. The van der Waals surface area contributed by atoms with Crippen molar-refractivity contribution < 1.29 is 9.53 Å². The van der Waals surface area contributed by atoms with E-state index in [2.05, 4.69) is 52.5 Å². The number of likely N-dealkylation sites (tertiary alicyclic amines) is 1. The highest BCUT2D eigenvalue weighted by Gasteiger charge is 2.19. The summed E-state index contributed by atoms with van der Waals surface area (Å²) in [5, 5.41) is 4.10. The molecule has 0 bridgehead atoms. The van der Waals surface area contributed by atoms with Crippen LogP contribution in [0.2, 0.25) is 0 Å². The summed E-state index contributed by atoms with van der Waals surface area (Å²) in [6.45, 7) is 6.67. The summed E-state index contributed by atoms with van der Waals surface area (Å²) >= 11 is 0. The number of amides is 1. The van der Waals surface area contributed by atoms with E-state index in [1.807, 2.05) is 24.3 Å². The van der Waals surface area contributed by atoms with Crippen molar-refractivity contribution in [3.05, 3.63) is 65.9 Å². The van der Waals surface area contributed by atoms with Gasteiger partial charge < -0.3 is 19.9 Å². The van der Waals surface area contributed by atoms with Gasteiger partial charge in [0.25, 0.3) is 5.91 Å². The summed E-state index contributed by atoms with van der Waals surface area (Å²) in [5.74, 6) is 1.56. The second-order valence-corrected chi connectivity index (χ2v) is 8.86. The standard InChI is InChI=1S/C27H35N3O2/c1-2-3-17-32-24-10-9-23-19-26(29-25(23)20-24)27(31)28-13-16-30-14-11-22(12-15-30)18-21-7-5-4-6-8-21/h4-10,19-20,22,29H,2-3,11-18H2,1H3,(H,28,31). The largest absolute Gasteiger partial charge is 0.494 e. The van der Waals surface area contributed by atoms with E-state index in [1.165, 1.54) is 24.8 Å². The van der Waals surface area contributed by atoms with Gasteiger partial charge in [-0.05, 0) is 68.5 Å². The Bertz CT molecular complexity index is 991. The van der Waals surface area contributed by atoms with Gasteiger partial charge in [0.05, 0.1) is 6.61 Å². The molecule has 0 spiro atoms. The molecule has 1 fully saturated rings. The topological polar surface area (TPSA) is 57.4 Å². The quantitative estimate of drug-likeness (QED) is 0.441. The van der Waals surface area contributed by atoms with Crippen molar-refractivity contribution in [2.45, 2.75) is 39.0 Å². The minimum absolute atomic E-state index is 0.0476. The number of unbranched alkanes of at least 4 members (excludes halogenated alkanes) is 1. The van der Waals surface area contributed by atoms with Gasteiger partial charge in [-0.2, -0.15) is 0 Å². The van der Waals surface area contributed by atoms with Gasteiger partial charge in [0.2, 0.25) is 0 Å². The van der Waals surface area contributed by atoms with Crippen molar-refractivity contribution in [2.24, 2.45) is 5.92 Å². The van der Waals surface area contributed by atoms with Gasteiger partial charge in [0.15, 0.2) is 0 Å². The fourth-order valence-electron chi connectivity index (χ4n) is 4.44. The molecule has 5 heteroatoms. The molecule has 2 aromatic carbocycles. The van der Waals surface area contributed by atoms with Crippen LogP contribution in [0.15, 0.2) is 54.6 Å². The van der Waals surface area contributed by atoms with Crippen molar-refractivity contribution in [1.29, 1.82) is 0 Å². The number of H-pyrrole nitrogens is 1. The molecule has 1 aromatic heterocycles. The van der Waals surface area contributed by atoms with E-state index in [0.717, 1.165) is 61.7 Å². The first-order valence-corrected chi connectivity index (χ1v) is 12.0. The van der Waals surface area contributed by atoms with Crippen LogP contribution in [0.25, 0.3) is 10.9 Å². The molecular weight excluding hydrogens is 398 g/mol. The normalized spacial score (nSPS) is 15.2. The smallest absolute Gasteiger partial charge is 0.267 e. The fourth-order valence-corrected chi connectivity index (χ4v) is 4.44. The first-order valence-electron chi connectivity index (χ1n) is 12.0. The number of rotatable bonds is 10. The Morgan fingerprint density at radius 3 is 2.72 bits per heavy atom. The zero-order valence-electron chi connectivity index (χ0n) is 19.1. The third-order valence-corrected chi connectivity index (χ3v) is 6.39. The number of hydrogen-bond acceptors (Lipinski definition) is 3. The van der Waals surface area contributed by atoms with E-state index >= 15 is 0 Å². The van der Waals surface area contributed by atoms with E-state index in [4.69, 9.17) is 4.74 Å². The molecule has 32 heavy (non-hydrogen) atoms. The number of carbonyl (C=O) groups is 1. The van der Waals surface area contributed by atoms with Crippen LogP contribution in [0.4, 0.5) is 0 Å². The van der Waals surface area contributed by atoms with E-state index in [0.29, 0.717) is 12.2 Å². The van der Waals surface area contributed by atoms with Gasteiger partial charge in [-0.1, -0.05) is 43.7 Å².